The molecule has 0 saturated heterocycles. The highest BCUT2D eigenvalue weighted by molar-refractivity contribution is 5.96. The van der Waals surface area contributed by atoms with E-state index < -0.39 is 24.5 Å². The summed E-state index contributed by atoms with van der Waals surface area (Å²) in [6, 6.07) is 10.5. The second-order valence-corrected chi connectivity index (χ2v) is 6.24. The highest BCUT2D eigenvalue weighted by Gasteiger charge is 2.13. The van der Waals surface area contributed by atoms with Gasteiger partial charge in [-0.1, -0.05) is 24.3 Å². The van der Waals surface area contributed by atoms with Crippen molar-refractivity contribution < 1.29 is 28.6 Å². The van der Waals surface area contributed by atoms with Gasteiger partial charge in [-0.05, 0) is 49.6 Å². The molecule has 0 spiro atoms. The van der Waals surface area contributed by atoms with Gasteiger partial charge in [0.1, 0.15) is 5.75 Å². The van der Waals surface area contributed by atoms with Crippen LogP contribution in [0.4, 0.5) is 5.69 Å². The lowest BCUT2D eigenvalue weighted by molar-refractivity contribution is -0.149. The van der Waals surface area contributed by atoms with E-state index in [1.54, 1.807) is 19.1 Å². The summed E-state index contributed by atoms with van der Waals surface area (Å²) in [7, 11) is 1.28. The van der Waals surface area contributed by atoms with Crippen LogP contribution in [0.5, 0.6) is 5.75 Å². The number of ether oxygens (including phenoxy) is 3. The fraction of sp³-hybridized carbons (Fsp3) is 0.286. The van der Waals surface area contributed by atoms with Gasteiger partial charge < -0.3 is 19.5 Å². The molecule has 0 aromatic heterocycles. The minimum atomic E-state index is -0.655. The van der Waals surface area contributed by atoms with Crippen LogP contribution in [0.25, 0.3) is 0 Å². The van der Waals surface area contributed by atoms with Crippen molar-refractivity contribution >= 4 is 23.5 Å². The van der Waals surface area contributed by atoms with Crippen LogP contribution in [-0.2, 0) is 19.1 Å². The number of hydrogen-bond acceptors (Lipinski definition) is 6. The molecule has 0 aliphatic heterocycles. The third-order valence-corrected chi connectivity index (χ3v) is 4.04. The number of hydrogen-bond donors (Lipinski definition) is 1. The van der Waals surface area contributed by atoms with Gasteiger partial charge in [-0.3, -0.25) is 4.79 Å². The summed E-state index contributed by atoms with van der Waals surface area (Å²) < 4.78 is 15.1. The molecule has 28 heavy (non-hydrogen) atoms. The van der Waals surface area contributed by atoms with E-state index in [4.69, 9.17) is 9.47 Å². The molecule has 7 heteroatoms. The normalized spacial score (nSPS) is 10.1. The maximum atomic E-state index is 12.1. The summed E-state index contributed by atoms with van der Waals surface area (Å²) >= 11 is 0. The van der Waals surface area contributed by atoms with Crippen LogP contribution >= 0.6 is 0 Å². The zero-order chi connectivity index (χ0) is 20.7. The number of nitrogens with one attached hydrogen (secondary N) is 1. The lowest BCUT2D eigenvalue weighted by Gasteiger charge is -2.12. The number of methoxy groups -OCH3 is 1. The van der Waals surface area contributed by atoms with Crippen molar-refractivity contribution in [1.82, 2.24) is 0 Å². The fourth-order valence-corrected chi connectivity index (χ4v) is 2.53. The highest BCUT2D eigenvalue weighted by Crippen LogP contribution is 2.22. The first-order valence-corrected chi connectivity index (χ1v) is 8.65. The first kappa shape index (κ1) is 21.0. The molecular formula is C21H23NO6. The van der Waals surface area contributed by atoms with E-state index in [2.05, 4.69) is 10.1 Å². The number of amides is 1. The minimum Gasteiger partial charge on any atom is -0.481 e. The van der Waals surface area contributed by atoms with Crippen LogP contribution < -0.4 is 10.1 Å². The van der Waals surface area contributed by atoms with E-state index in [9.17, 15) is 14.4 Å². The number of carbonyl (C=O) groups excluding carboxylic acids is 3. The lowest BCUT2D eigenvalue weighted by atomic mass is 10.1. The van der Waals surface area contributed by atoms with Gasteiger partial charge >= 0.3 is 11.9 Å². The van der Waals surface area contributed by atoms with Crippen LogP contribution in [0, 0.1) is 20.8 Å². The number of esters is 2. The van der Waals surface area contributed by atoms with Crippen molar-refractivity contribution in [3.8, 4) is 5.75 Å². The van der Waals surface area contributed by atoms with Crippen LogP contribution in [0.1, 0.15) is 27.0 Å². The first-order valence-electron chi connectivity index (χ1n) is 8.65. The zero-order valence-corrected chi connectivity index (χ0v) is 16.3. The van der Waals surface area contributed by atoms with E-state index in [0.29, 0.717) is 17.0 Å². The van der Waals surface area contributed by atoms with E-state index in [1.165, 1.54) is 13.2 Å². The molecule has 0 unspecified atom stereocenters. The van der Waals surface area contributed by atoms with E-state index in [0.717, 1.165) is 16.7 Å². The summed E-state index contributed by atoms with van der Waals surface area (Å²) in [6.45, 7) is 4.78. The maximum absolute atomic E-state index is 12.1. The topological polar surface area (TPSA) is 90.9 Å². The molecule has 0 bridgehead atoms. The third-order valence-electron chi connectivity index (χ3n) is 4.04. The minimum absolute atomic E-state index is 0.296. The van der Waals surface area contributed by atoms with Crippen LogP contribution in [-0.4, -0.2) is 38.2 Å². The predicted octanol–water partition coefficient (Wildman–Crippen LogP) is 2.96. The van der Waals surface area contributed by atoms with E-state index in [1.807, 2.05) is 32.0 Å². The Labute approximate surface area is 163 Å². The van der Waals surface area contributed by atoms with Gasteiger partial charge in [0.25, 0.3) is 5.91 Å². The standard InChI is InChI=1S/C21H23NO6/c1-13-8-9-16(21(25)26-4)10-17(13)22-18(23)11-27-19(24)12-28-20-14(2)6-5-7-15(20)3/h5-10H,11-12H2,1-4H3,(H,22,23). The Morgan fingerprint density at radius 1 is 0.929 bits per heavy atom. The van der Waals surface area contributed by atoms with Crippen molar-refractivity contribution in [1.29, 1.82) is 0 Å². The fourth-order valence-electron chi connectivity index (χ4n) is 2.53. The molecule has 2 aromatic carbocycles. The molecule has 0 fully saturated rings. The maximum Gasteiger partial charge on any atom is 0.344 e. The Balaban J connectivity index is 1.87. The Bertz CT molecular complexity index is 870. The summed E-state index contributed by atoms with van der Waals surface area (Å²) in [6.07, 6.45) is 0. The van der Waals surface area contributed by atoms with Crippen molar-refractivity contribution in [2.75, 3.05) is 25.6 Å². The summed E-state index contributed by atoms with van der Waals surface area (Å²) in [5.74, 6) is -1.06. The average Bonchev–Trinajstić information content (AvgIpc) is 2.67. The third kappa shape index (κ3) is 5.57. The van der Waals surface area contributed by atoms with E-state index >= 15 is 0 Å². The smallest absolute Gasteiger partial charge is 0.344 e. The molecule has 1 N–H and O–H groups in total. The van der Waals surface area contributed by atoms with Crippen molar-refractivity contribution in [3.05, 3.63) is 58.7 Å². The molecular weight excluding hydrogens is 362 g/mol. The zero-order valence-electron chi connectivity index (χ0n) is 16.3. The Kier molecular flexibility index (Phi) is 7.14. The summed E-state index contributed by atoms with van der Waals surface area (Å²) in [4.78, 5) is 35.5. The van der Waals surface area contributed by atoms with Crippen LogP contribution in [0.3, 0.4) is 0 Å². The molecule has 0 radical (unpaired) electrons. The Hall–Kier alpha value is -3.35. The summed E-state index contributed by atoms with van der Waals surface area (Å²) in [5.41, 5.74) is 3.32. The largest absolute Gasteiger partial charge is 0.481 e. The molecule has 148 valence electrons. The molecule has 7 nitrogen and oxygen atoms in total. The number of anilines is 1. The van der Waals surface area contributed by atoms with Gasteiger partial charge in [-0.25, -0.2) is 9.59 Å². The molecule has 0 aliphatic carbocycles. The molecule has 0 aliphatic rings. The molecule has 0 atom stereocenters. The molecule has 1 amide bonds. The number of para-hydroxylation sites is 1. The highest BCUT2D eigenvalue weighted by atomic mass is 16.6. The van der Waals surface area contributed by atoms with E-state index in [-0.39, 0.29) is 6.61 Å². The molecule has 2 aromatic rings. The molecule has 0 saturated carbocycles. The van der Waals surface area contributed by atoms with Crippen LogP contribution in [0.2, 0.25) is 0 Å². The first-order chi connectivity index (χ1) is 13.3. The van der Waals surface area contributed by atoms with Gasteiger partial charge in [0.05, 0.1) is 12.7 Å². The van der Waals surface area contributed by atoms with Gasteiger partial charge in [-0.2, -0.15) is 0 Å². The number of carbonyl (C=O) groups is 3. The number of rotatable bonds is 7. The lowest BCUT2D eigenvalue weighted by Crippen LogP contribution is -2.24. The van der Waals surface area contributed by atoms with Gasteiger partial charge in [0.15, 0.2) is 13.2 Å². The second-order valence-electron chi connectivity index (χ2n) is 6.24. The second kappa shape index (κ2) is 9.55. The Morgan fingerprint density at radius 3 is 2.25 bits per heavy atom. The predicted molar refractivity (Wildman–Crippen MR) is 104 cm³/mol. The van der Waals surface area contributed by atoms with Crippen LogP contribution in [0.15, 0.2) is 36.4 Å². The van der Waals surface area contributed by atoms with Gasteiger partial charge in [0.2, 0.25) is 0 Å². The molecule has 0 heterocycles. The van der Waals surface area contributed by atoms with Gasteiger partial charge in [-0.15, -0.1) is 0 Å². The summed E-state index contributed by atoms with van der Waals surface area (Å²) in [5, 5.41) is 2.61. The monoisotopic (exact) mass is 385 g/mol. The van der Waals surface area contributed by atoms with Gasteiger partial charge in [0, 0.05) is 5.69 Å². The number of aryl methyl sites for hydroxylation is 3. The van der Waals surface area contributed by atoms with Crippen molar-refractivity contribution in [2.24, 2.45) is 0 Å². The SMILES string of the molecule is COC(=O)c1ccc(C)c(NC(=O)COC(=O)COc2c(C)cccc2C)c1. The Morgan fingerprint density at radius 2 is 1.61 bits per heavy atom. The molecule has 2 rings (SSSR count). The quantitative estimate of drug-likeness (QED) is 0.737. The van der Waals surface area contributed by atoms with Crippen molar-refractivity contribution in [3.63, 3.8) is 0 Å². The average molecular weight is 385 g/mol. The van der Waals surface area contributed by atoms with Crippen molar-refractivity contribution in [2.45, 2.75) is 20.8 Å². The number of benzene rings is 2.